The molecule has 3 nitrogen and oxygen atoms in total. The average molecular weight is 302 g/mol. The molecule has 3 heteroatoms. The molecule has 0 unspecified atom stereocenters. The molecule has 0 rings (SSSR count). The first-order valence-corrected chi connectivity index (χ1v) is 7.81. The Bertz CT molecular complexity index is 466. The van der Waals surface area contributed by atoms with E-state index in [1.807, 2.05) is 6.08 Å². The van der Waals surface area contributed by atoms with Crippen LogP contribution < -0.4 is 0 Å². The van der Waals surface area contributed by atoms with Gasteiger partial charge in [-0.2, -0.15) is 0 Å². The van der Waals surface area contributed by atoms with E-state index in [2.05, 4.69) is 30.6 Å². The molecule has 1 atom stereocenters. The molecule has 1 N–H and O–H groups in total. The summed E-state index contributed by atoms with van der Waals surface area (Å²) < 4.78 is 4.69. The molecule has 0 aliphatic heterocycles. The van der Waals surface area contributed by atoms with Crippen LogP contribution in [0.5, 0.6) is 0 Å². The number of unbranched alkanes of at least 4 members (excludes halogenated alkanes) is 5. The fourth-order valence-corrected chi connectivity index (χ4v) is 1.60. The van der Waals surface area contributed by atoms with Gasteiger partial charge in [-0.25, -0.2) is 0 Å². The number of rotatable bonds is 9. The number of carbonyl (C=O) groups excluding carboxylic acids is 1. The molecule has 0 aliphatic carbocycles. The summed E-state index contributed by atoms with van der Waals surface area (Å²) in [5, 5.41) is 9.59. The monoisotopic (exact) mass is 302 g/mol. The fourth-order valence-electron chi connectivity index (χ4n) is 1.60. The van der Waals surface area contributed by atoms with Gasteiger partial charge >= 0.3 is 5.97 Å². The zero-order valence-electron chi connectivity index (χ0n) is 13.6. The van der Waals surface area contributed by atoms with Crippen LogP contribution in [0.3, 0.4) is 0 Å². The van der Waals surface area contributed by atoms with Crippen molar-refractivity contribution in [2.45, 2.75) is 58.5 Å². The smallest absolute Gasteiger partial charge is 0.302 e. The van der Waals surface area contributed by atoms with Crippen molar-refractivity contribution >= 4 is 5.97 Å². The van der Waals surface area contributed by atoms with Crippen LogP contribution >= 0.6 is 0 Å². The second-order valence-corrected chi connectivity index (χ2v) is 4.82. The number of carbonyl (C=O) groups is 1. The van der Waals surface area contributed by atoms with E-state index >= 15 is 0 Å². The van der Waals surface area contributed by atoms with E-state index in [-0.39, 0.29) is 12.6 Å². The van der Waals surface area contributed by atoms with Gasteiger partial charge in [-0.15, -0.1) is 0 Å². The maximum Gasteiger partial charge on any atom is 0.302 e. The van der Waals surface area contributed by atoms with E-state index in [0.717, 1.165) is 12.8 Å². The lowest BCUT2D eigenvalue weighted by Crippen LogP contribution is -1.97. The van der Waals surface area contributed by atoms with Crippen LogP contribution in [0, 0.1) is 23.7 Å². The Morgan fingerprint density at radius 2 is 1.95 bits per heavy atom. The van der Waals surface area contributed by atoms with Crippen molar-refractivity contribution in [2.75, 3.05) is 6.61 Å². The Morgan fingerprint density at radius 1 is 1.18 bits per heavy atom. The van der Waals surface area contributed by atoms with Crippen molar-refractivity contribution in [3.63, 3.8) is 0 Å². The van der Waals surface area contributed by atoms with Crippen LogP contribution in [-0.4, -0.2) is 23.8 Å². The van der Waals surface area contributed by atoms with Crippen molar-refractivity contribution < 1.29 is 14.6 Å². The number of allylic oxidation sites excluding steroid dienone is 2. The third kappa shape index (κ3) is 16.1. The third-order valence-corrected chi connectivity index (χ3v) is 2.73. The molecule has 0 amide bonds. The molecule has 0 saturated heterocycles. The maximum absolute atomic E-state index is 10.5. The molecule has 0 saturated carbocycles. The van der Waals surface area contributed by atoms with Crippen LogP contribution in [0.1, 0.15) is 52.4 Å². The number of aliphatic hydroxyl groups is 1. The number of ether oxygens (including phenoxy) is 1. The van der Waals surface area contributed by atoms with E-state index in [0.29, 0.717) is 0 Å². The second kappa shape index (κ2) is 15.4. The molecule has 0 spiro atoms. The Kier molecular flexibility index (Phi) is 14.0. The van der Waals surface area contributed by atoms with Gasteiger partial charge < -0.3 is 9.84 Å². The number of hydrogen-bond acceptors (Lipinski definition) is 3. The minimum absolute atomic E-state index is 0.209. The zero-order chi connectivity index (χ0) is 16.5. The molecule has 0 aromatic rings. The first kappa shape index (κ1) is 20.0. The molecule has 0 aliphatic rings. The van der Waals surface area contributed by atoms with Gasteiger partial charge in [0.2, 0.25) is 0 Å². The van der Waals surface area contributed by atoms with Gasteiger partial charge in [-0.05, 0) is 42.9 Å². The first-order valence-electron chi connectivity index (χ1n) is 7.81. The second-order valence-electron chi connectivity index (χ2n) is 4.82. The Morgan fingerprint density at radius 3 is 2.68 bits per heavy atom. The maximum atomic E-state index is 10.5. The quantitative estimate of drug-likeness (QED) is 0.307. The highest BCUT2D eigenvalue weighted by molar-refractivity contribution is 5.66. The topological polar surface area (TPSA) is 46.5 Å². The normalized spacial score (nSPS) is 11.6. The summed E-state index contributed by atoms with van der Waals surface area (Å²) in [5.41, 5.74) is 0. The SMILES string of the molecule is CCCCCCCC=C[C@H](O)C#CC#CC=CCOC(C)=O. The minimum atomic E-state index is -0.769. The van der Waals surface area contributed by atoms with E-state index < -0.39 is 6.10 Å². The van der Waals surface area contributed by atoms with Crippen LogP contribution in [0.25, 0.3) is 0 Å². The van der Waals surface area contributed by atoms with E-state index in [1.165, 1.54) is 32.6 Å². The Hall–Kier alpha value is -1.97. The Labute approximate surface area is 134 Å². The zero-order valence-corrected chi connectivity index (χ0v) is 13.6. The lowest BCUT2D eigenvalue weighted by atomic mass is 10.1. The van der Waals surface area contributed by atoms with Gasteiger partial charge in [-0.1, -0.05) is 50.5 Å². The standard InChI is InChI=1S/C19H26O3/c1-3-4-5-6-7-9-12-15-19(21)16-13-10-8-11-14-17-22-18(2)20/h11-12,14-15,19,21H,3-7,9,17H2,1-2H3/t19-/m0/s1. The van der Waals surface area contributed by atoms with E-state index in [1.54, 1.807) is 18.2 Å². The fraction of sp³-hybridized carbons (Fsp3) is 0.526. The highest BCUT2D eigenvalue weighted by atomic mass is 16.5. The van der Waals surface area contributed by atoms with Gasteiger partial charge in [0, 0.05) is 6.92 Å². The molecule has 0 bridgehead atoms. The molecule has 0 fully saturated rings. The predicted octanol–water partition coefficient (Wildman–Crippen LogP) is 3.39. The number of aliphatic hydroxyl groups excluding tert-OH is 1. The molecular weight excluding hydrogens is 276 g/mol. The van der Waals surface area contributed by atoms with Gasteiger partial charge in [-0.3, -0.25) is 4.79 Å². The average Bonchev–Trinajstić information content (AvgIpc) is 2.48. The lowest BCUT2D eigenvalue weighted by molar-refractivity contribution is -0.139. The number of esters is 1. The van der Waals surface area contributed by atoms with Crippen LogP contribution in [0.15, 0.2) is 24.3 Å². The third-order valence-electron chi connectivity index (χ3n) is 2.73. The summed E-state index contributed by atoms with van der Waals surface area (Å²) in [4.78, 5) is 10.5. The summed E-state index contributed by atoms with van der Waals surface area (Å²) in [7, 11) is 0. The summed E-state index contributed by atoms with van der Waals surface area (Å²) in [6.07, 6.45) is 13.3. The molecule has 0 radical (unpaired) electrons. The van der Waals surface area contributed by atoms with Crippen molar-refractivity contribution in [1.29, 1.82) is 0 Å². The lowest BCUT2D eigenvalue weighted by Gasteiger charge is -1.96. The Balaban J connectivity index is 3.79. The molecule has 0 heterocycles. The van der Waals surface area contributed by atoms with E-state index in [9.17, 15) is 9.90 Å². The summed E-state index contributed by atoms with van der Waals surface area (Å²) >= 11 is 0. The highest BCUT2D eigenvalue weighted by Crippen LogP contribution is 2.05. The molecular formula is C19H26O3. The highest BCUT2D eigenvalue weighted by Gasteiger charge is 1.90. The molecule has 120 valence electrons. The van der Waals surface area contributed by atoms with E-state index in [4.69, 9.17) is 4.74 Å². The van der Waals surface area contributed by atoms with Crippen molar-refractivity contribution in [3.05, 3.63) is 24.3 Å². The van der Waals surface area contributed by atoms with Gasteiger partial charge in [0.1, 0.15) is 12.7 Å². The van der Waals surface area contributed by atoms with Crippen molar-refractivity contribution in [3.8, 4) is 23.7 Å². The van der Waals surface area contributed by atoms with Gasteiger partial charge in [0.05, 0.1) is 0 Å². The molecule has 22 heavy (non-hydrogen) atoms. The first-order chi connectivity index (χ1) is 10.7. The van der Waals surface area contributed by atoms with Crippen molar-refractivity contribution in [1.82, 2.24) is 0 Å². The van der Waals surface area contributed by atoms with Crippen LogP contribution in [-0.2, 0) is 9.53 Å². The predicted molar refractivity (Wildman–Crippen MR) is 89.8 cm³/mol. The van der Waals surface area contributed by atoms with Gasteiger partial charge in [0.25, 0.3) is 0 Å². The largest absolute Gasteiger partial charge is 0.462 e. The summed E-state index contributed by atoms with van der Waals surface area (Å²) in [6, 6.07) is 0. The van der Waals surface area contributed by atoms with Crippen LogP contribution in [0.4, 0.5) is 0 Å². The summed E-state index contributed by atoms with van der Waals surface area (Å²) in [6.45, 7) is 3.76. The molecule has 0 aromatic heterocycles. The molecule has 0 aromatic carbocycles. The summed E-state index contributed by atoms with van der Waals surface area (Å²) in [5.74, 6) is 10.2. The number of hydrogen-bond donors (Lipinski definition) is 1. The van der Waals surface area contributed by atoms with Crippen molar-refractivity contribution in [2.24, 2.45) is 0 Å². The minimum Gasteiger partial charge on any atom is -0.462 e. The van der Waals surface area contributed by atoms with Crippen LogP contribution in [0.2, 0.25) is 0 Å². The van der Waals surface area contributed by atoms with Gasteiger partial charge in [0.15, 0.2) is 0 Å².